The van der Waals surface area contributed by atoms with Crippen molar-refractivity contribution in [1.82, 2.24) is 9.71 Å². The molecule has 0 saturated carbocycles. The molecule has 2 aromatic rings. The van der Waals surface area contributed by atoms with Crippen molar-refractivity contribution in [2.24, 2.45) is 0 Å². The van der Waals surface area contributed by atoms with Crippen LogP contribution in [0.25, 0.3) is 0 Å². The fraction of sp³-hybridized carbons (Fsp3) is 0.474. The lowest BCUT2D eigenvalue weighted by Gasteiger charge is -2.17. The van der Waals surface area contributed by atoms with Gasteiger partial charge in [0.05, 0.1) is 10.5 Å². The van der Waals surface area contributed by atoms with Crippen LogP contribution in [0.2, 0.25) is 0 Å². The Kier molecular flexibility index (Phi) is 5.01. The second kappa shape index (κ2) is 7.20. The SMILES string of the molecule is CC(C)(O)c1cnc(S(=O)NC(=O)Nc2c3c(c(F)c4c2CCC4)CCC3)s1. The van der Waals surface area contributed by atoms with Crippen molar-refractivity contribution in [2.45, 2.75) is 62.3 Å². The molecule has 1 heterocycles. The molecule has 9 heteroatoms. The summed E-state index contributed by atoms with van der Waals surface area (Å²) in [6.07, 6.45) is 6.05. The topological polar surface area (TPSA) is 91.3 Å². The number of fused-ring (bicyclic) bond motifs is 2. The van der Waals surface area contributed by atoms with E-state index >= 15 is 0 Å². The number of halogens is 1. The van der Waals surface area contributed by atoms with Gasteiger partial charge < -0.3 is 10.4 Å². The number of amides is 2. The van der Waals surface area contributed by atoms with Crippen LogP contribution in [-0.2, 0) is 42.3 Å². The van der Waals surface area contributed by atoms with Crippen molar-refractivity contribution in [3.05, 3.63) is 39.1 Å². The Labute approximate surface area is 169 Å². The van der Waals surface area contributed by atoms with Crippen molar-refractivity contribution in [3.63, 3.8) is 0 Å². The third-order valence-corrected chi connectivity index (χ3v) is 7.84. The minimum Gasteiger partial charge on any atom is -0.385 e. The molecule has 28 heavy (non-hydrogen) atoms. The quantitative estimate of drug-likeness (QED) is 0.703. The lowest BCUT2D eigenvalue weighted by atomic mass is 9.98. The van der Waals surface area contributed by atoms with E-state index < -0.39 is 22.6 Å². The Hall–Kier alpha value is -1.84. The lowest BCUT2D eigenvalue weighted by molar-refractivity contribution is 0.0823. The van der Waals surface area contributed by atoms with Gasteiger partial charge in [0, 0.05) is 11.9 Å². The molecule has 1 atom stereocenters. The van der Waals surface area contributed by atoms with Gasteiger partial charge >= 0.3 is 6.03 Å². The number of thiazole rings is 1. The normalized spacial score (nSPS) is 16.6. The molecule has 1 unspecified atom stereocenters. The molecule has 3 N–H and O–H groups in total. The maximum atomic E-state index is 14.7. The van der Waals surface area contributed by atoms with E-state index in [-0.39, 0.29) is 10.2 Å². The largest absolute Gasteiger partial charge is 0.385 e. The van der Waals surface area contributed by atoms with E-state index in [0.29, 0.717) is 34.5 Å². The van der Waals surface area contributed by atoms with Crippen molar-refractivity contribution >= 4 is 34.0 Å². The first-order valence-corrected chi connectivity index (χ1v) is 11.3. The van der Waals surface area contributed by atoms with Gasteiger partial charge in [-0.3, -0.25) is 4.72 Å². The van der Waals surface area contributed by atoms with Gasteiger partial charge in [-0.2, -0.15) is 0 Å². The highest BCUT2D eigenvalue weighted by molar-refractivity contribution is 7.85. The first-order chi connectivity index (χ1) is 13.3. The summed E-state index contributed by atoms with van der Waals surface area (Å²) in [7, 11) is -1.84. The van der Waals surface area contributed by atoms with E-state index in [1.807, 2.05) is 0 Å². The van der Waals surface area contributed by atoms with E-state index in [9.17, 15) is 18.5 Å². The third kappa shape index (κ3) is 3.46. The lowest BCUT2D eigenvalue weighted by Crippen LogP contribution is -2.31. The van der Waals surface area contributed by atoms with Crippen LogP contribution in [0, 0.1) is 5.82 Å². The standard InChI is InChI=1S/C19H22FN3O3S2/c1-19(2,25)14-9-21-18(27-14)28(26)23-17(24)22-16-12-7-3-5-10(12)15(20)11-6-4-8-13(11)16/h9,25H,3-8H2,1-2H3,(H2,22,23,24). The third-order valence-electron chi connectivity index (χ3n) is 5.24. The number of urea groups is 1. The van der Waals surface area contributed by atoms with Crippen molar-refractivity contribution < 1.29 is 18.5 Å². The van der Waals surface area contributed by atoms with E-state index in [1.165, 1.54) is 6.20 Å². The number of carbonyl (C=O) groups excluding carboxylic acids is 1. The summed E-state index contributed by atoms with van der Waals surface area (Å²) >= 11 is 1.09. The Morgan fingerprint density at radius 2 is 1.75 bits per heavy atom. The number of aromatic nitrogens is 1. The molecule has 2 aliphatic carbocycles. The Bertz CT molecular complexity index is 947. The molecule has 0 aliphatic heterocycles. The van der Waals surface area contributed by atoms with Gasteiger partial charge in [0.25, 0.3) is 0 Å². The Morgan fingerprint density at radius 1 is 1.18 bits per heavy atom. The average molecular weight is 424 g/mol. The summed E-state index contributed by atoms with van der Waals surface area (Å²) in [6.45, 7) is 3.23. The molecule has 4 rings (SSSR count). The molecule has 6 nitrogen and oxygen atoms in total. The summed E-state index contributed by atoms with van der Waals surface area (Å²) in [6, 6.07) is -0.604. The van der Waals surface area contributed by atoms with Gasteiger partial charge in [-0.05, 0) is 74.6 Å². The summed E-state index contributed by atoms with van der Waals surface area (Å²) in [4.78, 5) is 17.1. The van der Waals surface area contributed by atoms with Crippen LogP contribution in [0.1, 0.15) is 53.8 Å². The van der Waals surface area contributed by atoms with Crippen molar-refractivity contribution in [3.8, 4) is 0 Å². The molecule has 150 valence electrons. The molecule has 1 aromatic carbocycles. The summed E-state index contributed by atoms with van der Waals surface area (Å²) in [5.74, 6) is -0.100. The molecule has 0 spiro atoms. The number of nitrogens with zero attached hydrogens (tertiary/aromatic N) is 1. The summed E-state index contributed by atoms with van der Waals surface area (Å²) in [5.41, 5.74) is 2.78. The van der Waals surface area contributed by atoms with E-state index in [0.717, 1.165) is 48.1 Å². The number of nitrogens with one attached hydrogen (secondary N) is 2. The first kappa shape index (κ1) is 19.5. The molecule has 1 aromatic heterocycles. The average Bonchev–Trinajstić information content (AvgIpc) is 3.38. The zero-order chi connectivity index (χ0) is 20.1. The first-order valence-electron chi connectivity index (χ1n) is 9.28. The van der Waals surface area contributed by atoms with Gasteiger partial charge in [0.1, 0.15) is 5.82 Å². The highest BCUT2D eigenvalue weighted by Crippen LogP contribution is 2.40. The number of hydrogen-bond acceptors (Lipinski definition) is 5. The van der Waals surface area contributed by atoms with Gasteiger partial charge in [-0.25, -0.2) is 18.4 Å². The number of rotatable bonds is 4. The Balaban J connectivity index is 1.54. The smallest absolute Gasteiger partial charge is 0.331 e. The molecule has 2 amide bonds. The molecule has 2 aliphatic rings. The van der Waals surface area contributed by atoms with Gasteiger partial charge in [0.2, 0.25) is 4.34 Å². The minimum absolute atomic E-state index is 0.100. The maximum Gasteiger partial charge on any atom is 0.331 e. The van der Waals surface area contributed by atoms with Gasteiger partial charge in [-0.15, -0.1) is 11.3 Å². The zero-order valence-electron chi connectivity index (χ0n) is 15.7. The van der Waals surface area contributed by atoms with Crippen molar-refractivity contribution in [2.75, 3.05) is 5.32 Å². The van der Waals surface area contributed by atoms with E-state index in [4.69, 9.17) is 0 Å². The zero-order valence-corrected chi connectivity index (χ0v) is 17.4. The molecule has 0 fully saturated rings. The van der Waals surface area contributed by atoms with Crippen LogP contribution in [0.5, 0.6) is 0 Å². The second-order valence-corrected chi connectivity index (χ2v) is 10.1. The second-order valence-electron chi connectivity index (χ2n) is 7.68. The van der Waals surface area contributed by atoms with Crippen LogP contribution in [0.3, 0.4) is 0 Å². The van der Waals surface area contributed by atoms with E-state index in [2.05, 4.69) is 15.0 Å². The maximum absolute atomic E-state index is 14.7. The van der Waals surface area contributed by atoms with Crippen LogP contribution in [0.15, 0.2) is 10.5 Å². The number of hydrogen-bond donors (Lipinski definition) is 3. The van der Waals surface area contributed by atoms with Crippen LogP contribution in [-0.4, -0.2) is 20.3 Å². The highest BCUT2D eigenvalue weighted by atomic mass is 32.2. The van der Waals surface area contributed by atoms with Crippen molar-refractivity contribution in [1.29, 1.82) is 0 Å². The molecule has 0 bridgehead atoms. The fourth-order valence-corrected chi connectivity index (χ4v) is 5.73. The number of benzene rings is 1. The van der Waals surface area contributed by atoms with Gasteiger partial charge in [0.15, 0.2) is 11.0 Å². The molecule has 0 saturated heterocycles. The molecule has 0 radical (unpaired) electrons. The van der Waals surface area contributed by atoms with Crippen LogP contribution >= 0.6 is 11.3 Å². The minimum atomic E-state index is -1.84. The molecular weight excluding hydrogens is 401 g/mol. The predicted octanol–water partition coefficient (Wildman–Crippen LogP) is 3.33. The summed E-state index contributed by atoms with van der Waals surface area (Å²) < 4.78 is 29.8. The van der Waals surface area contributed by atoms with E-state index in [1.54, 1.807) is 13.8 Å². The van der Waals surface area contributed by atoms with Crippen LogP contribution in [0.4, 0.5) is 14.9 Å². The highest BCUT2D eigenvalue weighted by Gasteiger charge is 2.30. The van der Waals surface area contributed by atoms with Crippen LogP contribution < -0.4 is 10.0 Å². The number of anilines is 1. The fourth-order valence-electron chi connectivity index (χ4n) is 3.93. The number of aliphatic hydroxyl groups is 1. The number of carbonyl (C=O) groups is 1. The van der Waals surface area contributed by atoms with Gasteiger partial charge in [-0.1, -0.05) is 0 Å². The molecular formula is C19H22FN3O3S2. The Morgan fingerprint density at radius 3 is 2.29 bits per heavy atom. The predicted molar refractivity (Wildman–Crippen MR) is 106 cm³/mol. The monoisotopic (exact) mass is 423 g/mol. The summed E-state index contributed by atoms with van der Waals surface area (Å²) in [5, 5.41) is 12.8.